The number of nitrogens with zero attached hydrogens (tertiary/aromatic N) is 1. The molecular formula is C12H26N2O3S. The van der Waals surface area contributed by atoms with E-state index in [9.17, 15) is 8.42 Å². The Balaban J connectivity index is 2.56. The molecule has 0 aromatic rings. The van der Waals surface area contributed by atoms with Crippen molar-refractivity contribution in [2.45, 2.75) is 38.4 Å². The number of hydrogen-bond donors (Lipinski definition) is 1. The smallest absolute Gasteiger partial charge is 0.151 e. The number of methoxy groups -OCH3 is 1. The van der Waals surface area contributed by atoms with Crippen LogP contribution in [0.4, 0.5) is 0 Å². The predicted molar refractivity (Wildman–Crippen MR) is 73.6 cm³/mol. The van der Waals surface area contributed by atoms with Crippen molar-refractivity contribution < 1.29 is 13.2 Å². The van der Waals surface area contributed by atoms with Gasteiger partial charge in [-0.1, -0.05) is 13.8 Å². The maximum Gasteiger partial charge on any atom is 0.151 e. The fraction of sp³-hybridized carbons (Fsp3) is 1.00. The molecule has 1 saturated heterocycles. The normalized spacial score (nSPS) is 24.9. The van der Waals surface area contributed by atoms with E-state index in [-0.39, 0.29) is 17.8 Å². The lowest BCUT2D eigenvalue weighted by molar-refractivity contribution is 0.0843. The van der Waals surface area contributed by atoms with Crippen molar-refractivity contribution >= 4 is 9.84 Å². The van der Waals surface area contributed by atoms with Gasteiger partial charge < -0.3 is 10.1 Å². The van der Waals surface area contributed by atoms with Crippen molar-refractivity contribution in [1.82, 2.24) is 10.2 Å². The van der Waals surface area contributed by atoms with E-state index in [0.717, 1.165) is 13.0 Å². The van der Waals surface area contributed by atoms with Gasteiger partial charge in [-0.2, -0.15) is 0 Å². The van der Waals surface area contributed by atoms with Crippen LogP contribution in [0.2, 0.25) is 0 Å². The molecule has 0 radical (unpaired) electrons. The van der Waals surface area contributed by atoms with Crippen molar-refractivity contribution in [3.05, 3.63) is 0 Å². The molecule has 1 rings (SSSR count). The van der Waals surface area contributed by atoms with Gasteiger partial charge in [-0.15, -0.1) is 0 Å². The van der Waals surface area contributed by atoms with E-state index < -0.39 is 9.84 Å². The predicted octanol–water partition coefficient (Wildman–Crippen LogP) is 0.118. The third-order valence-corrected chi connectivity index (χ3v) is 5.23. The van der Waals surface area contributed by atoms with Gasteiger partial charge in [0, 0.05) is 31.8 Å². The Bertz CT molecular complexity index is 343. The zero-order valence-corrected chi connectivity index (χ0v) is 12.7. The molecule has 1 aliphatic heterocycles. The fourth-order valence-corrected chi connectivity index (χ4v) is 4.07. The highest BCUT2D eigenvalue weighted by molar-refractivity contribution is 7.91. The van der Waals surface area contributed by atoms with Crippen LogP contribution in [0.1, 0.15) is 20.3 Å². The van der Waals surface area contributed by atoms with Crippen LogP contribution < -0.4 is 5.32 Å². The van der Waals surface area contributed by atoms with Crippen LogP contribution in [0.15, 0.2) is 0 Å². The second-order valence-corrected chi connectivity index (χ2v) is 7.62. The number of sulfone groups is 1. The Morgan fingerprint density at radius 3 is 2.56 bits per heavy atom. The van der Waals surface area contributed by atoms with Crippen LogP contribution in [-0.4, -0.2) is 70.3 Å². The molecule has 0 aliphatic carbocycles. The standard InChI is InChI=1S/C12H26N2O3S/c1-10(2)13-7-12(8-17-4)14(3)11-5-6-18(15,16)9-11/h10-13H,5-9H2,1-4H3. The quantitative estimate of drug-likeness (QED) is 0.717. The number of nitrogens with one attached hydrogen (secondary N) is 1. The van der Waals surface area contributed by atoms with E-state index in [4.69, 9.17) is 4.74 Å². The summed E-state index contributed by atoms with van der Waals surface area (Å²) >= 11 is 0. The monoisotopic (exact) mass is 278 g/mol. The minimum Gasteiger partial charge on any atom is -0.383 e. The van der Waals surface area contributed by atoms with Crippen molar-refractivity contribution in [3.63, 3.8) is 0 Å². The number of rotatable bonds is 7. The summed E-state index contributed by atoms with van der Waals surface area (Å²) in [4.78, 5) is 2.16. The van der Waals surface area contributed by atoms with Crippen molar-refractivity contribution in [2.24, 2.45) is 0 Å². The van der Waals surface area contributed by atoms with E-state index in [1.165, 1.54) is 0 Å². The molecule has 1 heterocycles. The summed E-state index contributed by atoms with van der Waals surface area (Å²) in [5.41, 5.74) is 0. The molecule has 2 unspecified atom stereocenters. The van der Waals surface area contributed by atoms with Gasteiger partial charge in [0.05, 0.1) is 18.1 Å². The largest absolute Gasteiger partial charge is 0.383 e. The molecule has 5 nitrogen and oxygen atoms in total. The summed E-state index contributed by atoms with van der Waals surface area (Å²) in [7, 11) is 0.856. The van der Waals surface area contributed by atoms with E-state index in [1.807, 2.05) is 7.05 Å². The second kappa shape index (κ2) is 6.84. The highest BCUT2D eigenvalue weighted by Crippen LogP contribution is 2.18. The van der Waals surface area contributed by atoms with Gasteiger partial charge in [0.15, 0.2) is 9.84 Å². The van der Waals surface area contributed by atoms with Crippen LogP contribution in [0.3, 0.4) is 0 Å². The molecule has 0 spiro atoms. The fourth-order valence-electron chi connectivity index (χ4n) is 2.28. The Morgan fingerprint density at radius 1 is 1.44 bits per heavy atom. The van der Waals surface area contributed by atoms with E-state index in [2.05, 4.69) is 24.1 Å². The minimum absolute atomic E-state index is 0.129. The average molecular weight is 278 g/mol. The summed E-state index contributed by atoms with van der Waals surface area (Å²) in [6.07, 6.45) is 0.737. The SMILES string of the molecule is COCC(CNC(C)C)N(C)C1CCS(=O)(=O)C1. The average Bonchev–Trinajstić information content (AvgIpc) is 2.63. The number of likely N-dealkylation sites (N-methyl/N-ethyl adjacent to an activating group) is 1. The van der Waals surface area contributed by atoms with Crippen LogP contribution in [0.25, 0.3) is 0 Å². The molecule has 108 valence electrons. The van der Waals surface area contributed by atoms with Crippen LogP contribution in [-0.2, 0) is 14.6 Å². The van der Waals surface area contributed by atoms with E-state index in [0.29, 0.717) is 18.4 Å². The van der Waals surface area contributed by atoms with Crippen molar-refractivity contribution in [3.8, 4) is 0 Å². The lowest BCUT2D eigenvalue weighted by atomic mass is 10.1. The topological polar surface area (TPSA) is 58.6 Å². The summed E-state index contributed by atoms with van der Waals surface area (Å²) in [6.45, 7) is 5.64. The van der Waals surface area contributed by atoms with Gasteiger partial charge in [-0.25, -0.2) is 8.42 Å². The third-order valence-electron chi connectivity index (χ3n) is 3.48. The molecule has 1 aliphatic rings. The summed E-state index contributed by atoms with van der Waals surface area (Å²) in [6, 6.07) is 0.768. The zero-order valence-electron chi connectivity index (χ0n) is 11.8. The lowest BCUT2D eigenvalue weighted by Crippen LogP contribution is -2.49. The second-order valence-electron chi connectivity index (χ2n) is 5.39. The molecule has 1 N–H and O–H groups in total. The first kappa shape index (κ1) is 15.9. The van der Waals surface area contributed by atoms with Crippen molar-refractivity contribution in [2.75, 3.05) is 38.8 Å². The van der Waals surface area contributed by atoms with Crippen LogP contribution >= 0.6 is 0 Å². The van der Waals surface area contributed by atoms with Gasteiger partial charge in [0.2, 0.25) is 0 Å². The van der Waals surface area contributed by atoms with E-state index >= 15 is 0 Å². The maximum absolute atomic E-state index is 11.5. The highest BCUT2D eigenvalue weighted by Gasteiger charge is 2.33. The Morgan fingerprint density at radius 2 is 2.11 bits per heavy atom. The van der Waals surface area contributed by atoms with Gasteiger partial charge in [0.25, 0.3) is 0 Å². The summed E-state index contributed by atoms with van der Waals surface area (Å²) in [5.74, 6) is 0.602. The van der Waals surface area contributed by atoms with E-state index in [1.54, 1.807) is 7.11 Å². The van der Waals surface area contributed by atoms with Crippen LogP contribution in [0.5, 0.6) is 0 Å². The molecule has 6 heteroatoms. The molecule has 0 aromatic heterocycles. The Kier molecular flexibility index (Phi) is 6.04. The van der Waals surface area contributed by atoms with Gasteiger partial charge >= 0.3 is 0 Å². The molecule has 2 atom stereocenters. The molecule has 1 fully saturated rings. The first-order valence-electron chi connectivity index (χ1n) is 6.50. The number of ether oxygens (including phenoxy) is 1. The molecule has 0 bridgehead atoms. The molecular weight excluding hydrogens is 252 g/mol. The lowest BCUT2D eigenvalue weighted by Gasteiger charge is -2.32. The Labute approximate surface area is 111 Å². The maximum atomic E-state index is 11.5. The molecule has 0 amide bonds. The van der Waals surface area contributed by atoms with Gasteiger partial charge in [-0.05, 0) is 13.5 Å². The summed E-state index contributed by atoms with van der Waals surface area (Å²) in [5, 5.41) is 3.38. The molecule has 18 heavy (non-hydrogen) atoms. The number of hydrogen-bond acceptors (Lipinski definition) is 5. The summed E-state index contributed by atoms with van der Waals surface area (Å²) < 4.78 is 28.3. The van der Waals surface area contributed by atoms with Gasteiger partial charge in [0.1, 0.15) is 0 Å². The highest BCUT2D eigenvalue weighted by atomic mass is 32.2. The molecule has 0 aromatic carbocycles. The molecule has 0 saturated carbocycles. The first-order valence-corrected chi connectivity index (χ1v) is 8.32. The minimum atomic E-state index is -2.82. The van der Waals surface area contributed by atoms with Crippen LogP contribution in [0, 0.1) is 0 Å². The zero-order chi connectivity index (χ0) is 13.8. The van der Waals surface area contributed by atoms with Gasteiger partial charge in [-0.3, -0.25) is 4.90 Å². The van der Waals surface area contributed by atoms with Crippen molar-refractivity contribution in [1.29, 1.82) is 0 Å². The first-order chi connectivity index (χ1) is 8.35. The Hall–Kier alpha value is -0.170. The third kappa shape index (κ3) is 4.84.